The number of amides is 1. The van der Waals surface area contributed by atoms with Crippen molar-refractivity contribution in [1.29, 1.82) is 0 Å². The van der Waals surface area contributed by atoms with E-state index in [1.807, 2.05) is 24.3 Å². The number of carbonyl (C=O) groups excluding carboxylic acids is 1. The van der Waals surface area contributed by atoms with Crippen molar-refractivity contribution in [3.63, 3.8) is 0 Å². The fourth-order valence-electron chi connectivity index (χ4n) is 4.88. The molecule has 5 nitrogen and oxygen atoms in total. The average molecular weight is 585 g/mol. The molecule has 0 radical (unpaired) electrons. The lowest BCUT2D eigenvalue weighted by Gasteiger charge is -2.22. The molecule has 0 atom stereocenters. The molecule has 0 bridgehead atoms. The van der Waals surface area contributed by atoms with Gasteiger partial charge in [0.2, 0.25) is 5.36 Å². The first-order valence-corrected chi connectivity index (χ1v) is 13.9. The van der Waals surface area contributed by atoms with Crippen molar-refractivity contribution in [2.24, 2.45) is 0 Å². The lowest BCUT2D eigenvalue weighted by Crippen LogP contribution is -3.00. The Morgan fingerprint density at radius 3 is 2.35 bits per heavy atom. The molecule has 0 aromatic heterocycles. The highest BCUT2D eigenvalue weighted by molar-refractivity contribution is 9.09. The molecule has 2 aliphatic rings. The van der Waals surface area contributed by atoms with Crippen LogP contribution in [-0.4, -0.2) is 44.0 Å². The summed E-state index contributed by atoms with van der Waals surface area (Å²) in [7, 11) is 0. The minimum atomic E-state index is -0.0772. The van der Waals surface area contributed by atoms with Crippen molar-refractivity contribution >= 4 is 38.5 Å². The van der Waals surface area contributed by atoms with Gasteiger partial charge in [0.15, 0.2) is 0 Å². The minimum absolute atomic E-state index is 0. The summed E-state index contributed by atoms with van der Waals surface area (Å²) in [6.07, 6.45) is 0. The zero-order valence-corrected chi connectivity index (χ0v) is 24.3. The molecule has 0 fully saturated rings. The SMILES string of the molecule is CCN(CC)c1ccc2c(-c3ccccc3C(=O)NCCBr)c3ccc(=[N+](CC)CC)cc-3oc2c1.[Cl-]. The Morgan fingerprint density at radius 2 is 1.68 bits per heavy atom. The summed E-state index contributed by atoms with van der Waals surface area (Å²) in [6, 6.07) is 20.7. The van der Waals surface area contributed by atoms with Gasteiger partial charge in [-0.15, -0.1) is 0 Å². The Balaban J connectivity index is 0.00000380. The number of anilines is 1. The second-order valence-corrected chi connectivity index (χ2v) is 9.47. The Morgan fingerprint density at radius 1 is 0.946 bits per heavy atom. The van der Waals surface area contributed by atoms with Crippen molar-refractivity contribution in [3.8, 4) is 22.5 Å². The van der Waals surface area contributed by atoms with Crippen LogP contribution in [0, 0.1) is 0 Å². The van der Waals surface area contributed by atoms with Gasteiger partial charge in [-0.1, -0.05) is 34.1 Å². The number of rotatable bonds is 9. The van der Waals surface area contributed by atoms with Gasteiger partial charge in [-0.05, 0) is 57.5 Å². The van der Waals surface area contributed by atoms with Crippen LogP contribution in [0.5, 0.6) is 0 Å². The van der Waals surface area contributed by atoms with Crippen LogP contribution in [0.4, 0.5) is 5.69 Å². The number of nitrogens with one attached hydrogen (secondary N) is 1. The number of carbonyl (C=O) groups is 1. The summed E-state index contributed by atoms with van der Waals surface area (Å²) >= 11 is 3.40. The molecule has 2 aromatic carbocycles. The number of benzene rings is 3. The summed E-state index contributed by atoms with van der Waals surface area (Å²) < 4.78 is 8.89. The van der Waals surface area contributed by atoms with Gasteiger partial charge in [0, 0.05) is 64.9 Å². The third-order valence-corrected chi connectivity index (χ3v) is 7.16. The molecule has 0 unspecified atom stereocenters. The molecular weight excluding hydrogens is 550 g/mol. The summed E-state index contributed by atoms with van der Waals surface area (Å²) in [5.41, 5.74) is 5.52. The van der Waals surface area contributed by atoms with E-state index in [-0.39, 0.29) is 18.3 Å². The number of hydrogen-bond acceptors (Lipinski definition) is 3. The Bertz CT molecular complexity index is 1410. The van der Waals surface area contributed by atoms with E-state index in [1.54, 1.807) is 0 Å². The maximum Gasteiger partial charge on any atom is 0.251 e. The lowest BCUT2D eigenvalue weighted by atomic mass is 9.90. The van der Waals surface area contributed by atoms with E-state index in [9.17, 15) is 4.79 Å². The monoisotopic (exact) mass is 583 g/mol. The molecule has 1 heterocycles. The van der Waals surface area contributed by atoms with E-state index < -0.39 is 0 Å². The number of alkyl halides is 1. The van der Waals surface area contributed by atoms with E-state index >= 15 is 0 Å². The molecule has 37 heavy (non-hydrogen) atoms. The van der Waals surface area contributed by atoms with Crippen molar-refractivity contribution in [3.05, 3.63) is 71.6 Å². The Labute approximate surface area is 234 Å². The molecule has 0 saturated carbocycles. The zero-order valence-electron chi connectivity index (χ0n) is 22.0. The first-order chi connectivity index (χ1) is 17.6. The Hall–Kier alpha value is -2.83. The largest absolute Gasteiger partial charge is 1.00 e. The summed E-state index contributed by atoms with van der Waals surface area (Å²) in [5, 5.41) is 5.84. The number of halogens is 2. The van der Waals surface area contributed by atoms with Crippen molar-refractivity contribution in [1.82, 2.24) is 9.89 Å². The predicted molar refractivity (Wildman–Crippen MR) is 154 cm³/mol. The quantitative estimate of drug-likeness (QED) is 0.187. The summed E-state index contributed by atoms with van der Waals surface area (Å²) in [4.78, 5) is 15.5. The highest BCUT2D eigenvalue weighted by atomic mass is 79.9. The van der Waals surface area contributed by atoms with E-state index in [2.05, 4.69) is 94.8 Å². The molecule has 4 rings (SSSR count). The van der Waals surface area contributed by atoms with E-state index in [0.717, 1.165) is 70.6 Å². The highest BCUT2D eigenvalue weighted by Gasteiger charge is 2.22. The smallest absolute Gasteiger partial charge is 0.251 e. The topological polar surface area (TPSA) is 48.5 Å². The Kier molecular flexibility index (Phi) is 10.2. The maximum atomic E-state index is 13.1. The summed E-state index contributed by atoms with van der Waals surface area (Å²) in [6.45, 7) is 12.9. The number of hydrogen-bond donors (Lipinski definition) is 1. The fourth-order valence-corrected chi connectivity index (χ4v) is 5.08. The molecule has 0 saturated heterocycles. The normalized spacial score (nSPS) is 10.8. The average Bonchev–Trinajstić information content (AvgIpc) is 2.91. The third-order valence-electron chi connectivity index (χ3n) is 6.77. The lowest BCUT2D eigenvalue weighted by molar-refractivity contribution is -0.0000161. The first-order valence-electron chi connectivity index (χ1n) is 12.8. The molecule has 1 aliphatic heterocycles. The maximum absolute atomic E-state index is 13.1. The molecule has 1 aliphatic carbocycles. The predicted octanol–water partition coefficient (Wildman–Crippen LogP) is 2.99. The second-order valence-electron chi connectivity index (χ2n) is 8.67. The van der Waals surface area contributed by atoms with Gasteiger partial charge in [0.05, 0.1) is 6.07 Å². The van der Waals surface area contributed by atoms with Crippen LogP contribution in [0.1, 0.15) is 38.1 Å². The van der Waals surface area contributed by atoms with Gasteiger partial charge in [-0.3, -0.25) is 4.79 Å². The van der Waals surface area contributed by atoms with E-state index in [0.29, 0.717) is 17.4 Å². The van der Waals surface area contributed by atoms with Crippen molar-refractivity contribution < 1.29 is 21.6 Å². The summed E-state index contributed by atoms with van der Waals surface area (Å²) in [5.74, 6) is 0.737. The molecule has 1 amide bonds. The van der Waals surface area contributed by atoms with Crippen LogP contribution in [0.3, 0.4) is 0 Å². The van der Waals surface area contributed by atoms with Crippen LogP contribution in [0.2, 0.25) is 0 Å². The van der Waals surface area contributed by atoms with Gasteiger partial charge < -0.3 is 27.0 Å². The van der Waals surface area contributed by atoms with Crippen LogP contribution in [-0.2, 0) is 0 Å². The minimum Gasteiger partial charge on any atom is -1.00 e. The van der Waals surface area contributed by atoms with Crippen molar-refractivity contribution in [2.75, 3.05) is 43.0 Å². The van der Waals surface area contributed by atoms with Crippen molar-refractivity contribution in [2.45, 2.75) is 27.7 Å². The van der Waals surface area contributed by atoms with Crippen LogP contribution >= 0.6 is 15.9 Å². The molecule has 1 N–H and O–H groups in total. The highest BCUT2D eigenvalue weighted by Crippen LogP contribution is 2.42. The standard InChI is InChI=1S/C30H34BrN3O2.ClH/c1-5-33(6-2)21-13-15-25-27(19-21)36-28-20-22(34(7-3)8-4)14-16-26(28)29(25)23-11-9-10-12-24(23)30(35)32-18-17-31;/h9-16,19-20H,5-8,17-18H2,1-4H3;1H. The van der Waals surface area contributed by atoms with Gasteiger partial charge in [-0.2, -0.15) is 0 Å². The van der Waals surface area contributed by atoms with Gasteiger partial charge in [0.25, 0.3) is 5.91 Å². The molecule has 0 spiro atoms. The molecule has 2 aromatic rings. The van der Waals surface area contributed by atoms with Gasteiger partial charge >= 0.3 is 0 Å². The zero-order chi connectivity index (χ0) is 25.7. The molecule has 7 heteroatoms. The molecular formula is C30H35BrClN3O2. The number of nitrogens with zero attached hydrogens (tertiary/aromatic N) is 2. The van der Waals surface area contributed by atoms with Gasteiger partial charge in [-0.25, -0.2) is 4.58 Å². The third kappa shape index (κ3) is 5.86. The second kappa shape index (κ2) is 13.1. The van der Waals surface area contributed by atoms with Crippen LogP contribution in [0.25, 0.3) is 33.4 Å². The van der Waals surface area contributed by atoms with Crippen LogP contribution in [0.15, 0.2) is 65.1 Å². The van der Waals surface area contributed by atoms with Crippen LogP contribution < -0.4 is 32.6 Å². The van der Waals surface area contributed by atoms with Gasteiger partial charge in [0.1, 0.15) is 24.4 Å². The molecule has 196 valence electrons. The first kappa shape index (κ1) is 28.7. The van der Waals surface area contributed by atoms with E-state index in [1.165, 1.54) is 0 Å². The fraction of sp³-hybridized carbons (Fsp3) is 0.333. The number of fused-ring (bicyclic) bond motifs is 2. The van der Waals surface area contributed by atoms with E-state index in [4.69, 9.17) is 4.42 Å².